The molecule has 2 aromatic heterocycles. The topological polar surface area (TPSA) is 162 Å². The van der Waals surface area contributed by atoms with Crippen LogP contribution in [-0.4, -0.2) is 62.2 Å². The summed E-state index contributed by atoms with van der Waals surface area (Å²) in [6, 6.07) is 20.6. The summed E-state index contributed by atoms with van der Waals surface area (Å²) in [6.45, 7) is 5.88. The first-order chi connectivity index (χ1) is 21.1. The summed E-state index contributed by atoms with van der Waals surface area (Å²) < 4.78 is 15.5. The predicted molar refractivity (Wildman–Crippen MR) is 171 cm³/mol. The SMILES string of the molecule is Cc1cc[c]([Sb]([O]C(=O)C(N)Cc2cnc[nH]2)([O]C(=O)C(N)Cc2cnc[nH]2)([c]2ccc(C)cc2)[c]2ccc(C)cc2)cc1. The fourth-order valence-electron chi connectivity index (χ4n) is 5.14. The van der Waals surface area contributed by atoms with E-state index in [0.717, 1.165) is 16.7 Å². The third-order valence-electron chi connectivity index (χ3n) is 7.63. The number of aromatic nitrogens is 4. The average molecular weight is 703 g/mol. The summed E-state index contributed by atoms with van der Waals surface area (Å²) in [6.07, 6.45) is 6.54. The van der Waals surface area contributed by atoms with E-state index in [0.29, 0.717) is 21.9 Å². The van der Waals surface area contributed by atoms with E-state index in [4.69, 9.17) is 17.5 Å². The van der Waals surface area contributed by atoms with Crippen molar-refractivity contribution in [3.8, 4) is 0 Å². The molecular weight excluding hydrogens is 666 g/mol. The van der Waals surface area contributed by atoms with Gasteiger partial charge < -0.3 is 0 Å². The molecule has 0 aliphatic heterocycles. The Labute approximate surface area is 258 Å². The number of hydrogen-bond acceptors (Lipinski definition) is 8. The van der Waals surface area contributed by atoms with E-state index in [9.17, 15) is 9.59 Å². The van der Waals surface area contributed by atoms with E-state index in [1.165, 1.54) is 12.7 Å². The summed E-state index contributed by atoms with van der Waals surface area (Å²) in [4.78, 5) is 42.5. The number of nitrogens with one attached hydrogen (secondary N) is 2. The van der Waals surface area contributed by atoms with Crippen molar-refractivity contribution in [2.75, 3.05) is 0 Å². The van der Waals surface area contributed by atoms with Crippen LogP contribution in [0.25, 0.3) is 0 Å². The van der Waals surface area contributed by atoms with Gasteiger partial charge in [-0.3, -0.25) is 0 Å². The zero-order chi connectivity index (χ0) is 31.3. The van der Waals surface area contributed by atoms with Crippen molar-refractivity contribution in [1.82, 2.24) is 19.9 Å². The van der Waals surface area contributed by atoms with Crippen LogP contribution in [-0.2, 0) is 28.5 Å². The van der Waals surface area contributed by atoms with Gasteiger partial charge in [-0.15, -0.1) is 0 Å². The second-order valence-corrected chi connectivity index (χ2v) is 22.0. The maximum absolute atomic E-state index is 14.3. The molecule has 228 valence electrons. The minimum absolute atomic E-state index is 0.145. The standard InChI is InChI=1S/3C7H7.2C6H9N3O2.Sb/c3*1-7-5-3-2-4-6-7;2*7-5(6(10)11)1-4-2-8-3-9-4;/h3*3-6H,1H3;2*2-3,5H,1,7H2,(H,8,9)(H,10,11);/q;;;;;+2/p-2. The molecule has 5 aromatic rings. The van der Waals surface area contributed by atoms with Gasteiger partial charge in [-0.1, -0.05) is 0 Å². The van der Waals surface area contributed by atoms with Crippen molar-refractivity contribution in [3.63, 3.8) is 0 Å². The normalized spacial score (nSPS) is 13.8. The number of imidazole rings is 2. The first-order valence-electron chi connectivity index (χ1n) is 14.3. The van der Waals surface area contributed by atoms with Crippen LogP contribution in [0.15, 0.2) is 97.8 Å². The Balaban J connectivity index is 1.78. The van der Waals surface area contributed by atoms with Gasteiger partial charge >= 0.3 is 259 Å². The number of benzene rings is 3. The molecule has 0 saturated heterocycles. The zero-order valence-corrected chi connectivity index (χ0v) is 27.5. The van der Waals surface area contributed by atoms with Gasteiger partial charge in [-0.05, 0) is 0 Å². The number of aromatic amines is 2. The molecule has 5 rings (SSSR count). The fraction of sp³-hybridized carbons (Fsp3) is 0.212. The molecule has 10 nitrogen and oxygen atoms in total. The molecule has 6 N–H and O–H groups in total. The second-order valence-electron chi connectivity index (χ2n) is 11.1. The van der Waals surface area contributed by atoms with Crippen LogP contribution in [0, 0.1) is 20.8 Å². The zero-order valence-electron chi connectivity index (χ0n) is 24.9. The van der Waals surface area contributed by atoms with Crippen LogP contribution >= 0.6 is 0 Å². The van der Waals surface area contributed by atoms with E-state index in [2.05, 4.69) is 19.9 Å². The molecule has 0 aliphatic rings. The third-order valence-corrected chi connectivity index (χ3v) is 21.2. The molecule has 0 spiro atoms. The number of carbonyl (C=O) groups is 2. The number of H-pyrrole nitrogens is 2. The number of nitrogens with two attached hydrogens (primary N) is 2. The molecule has 2 unspecified atom stereocenters. The number of rotatable bonds is 11. The van der Waals surface area contributed by atoms with Crippen molar-refractivity contribution in [3.05, 3.63) is 126 Å². The van der Waals surface area contributed by atoms with Crippen molar-refractivity contribution in [1.29, 1.82) is 0 Å². The summed E-state index contributed by atoms with van der Waals surface area (Å²) in [7, 11) is 0. The second kappa shape index (κ2) is 12.8. The van der Waals surface area contributed by atoms with Crippen LogP contribution in [0.2, 0.25) is 0 Å². The molecule has 2 atom stereocenters. The molecule has 2 heterocycles. The number of nitrogens with zero attached hydrogens (tertiary/aromatic N) is 2. The molecular formula is C33H37N6O4Sb. The molecule has 0 fully saturated rings. The fourth-order valence-corrected chi connectivity index (χ4v) is 18.3. The number of aryl methyl sites for hydroxylation is 3. The molecule has 0 aliphatic carbocycles. The Bertz CT molecular complexity index is 1530. The average Bonchev–Trinajstić information content (AvgIpc) is 3.72. The van der Waals surface area contributed by atoms with Crippen molar-refractivity contribution >= 4 is 40.7 Å². The molecule has 0 amide bonds. The van der Waals surface area contributed by atoms with Crippen LogP contribution < -0.4 is 22.0 Å². The Hall–Kier alpha value is -4.24. The molecule has 11 heteroatoms. The van der Waals surface area contributed by atoms with E-state index < -0.39 is 42.3 Å². The number of carbonyl (C=O) groups excluding carboxylic acids is 2. The monoisotopic (exact) mass is 702 g/mol. The van der Waals surface area contributed by atoms with Gasteiger partial charge in [0.1, 0.15) is 0 Å². The molecule has 3 aromatic carbocycles. The summed E-state index contributed by atoms with van der Waals surface area (Å²) in [5.74, 6) is -1.42. The van der Waals surface area contributed by atoms with Crippen LogP contribution in [0.3, 0.4) is 0 Å². The van der Waals surface area contributed by atoms with E-state index in [1.807, 2.05) is 93.6 Å². The Morgan fingerprint density at radius 2 is 0.955 bits per heavy atom. The first-order valence-corrected chi connectivity index (χ1v) is 20.2. The van der Waals surface area contributed by atoms with E-state index in [-0.39, 0.29) is 12.8 Å². The molecule has 0 bridgehead atoms. The van der Waals surface area contributed by atoms with Gasteiger partial charge in [0.15, 0.2) is 0 Å². The summed E-state index contributed by atoms with van der Waals surface area (Å²) >= 11 is -6.18. The van der Waals surface area contributed by atoms with Gasteiger partial charge in [0.2, 0.25) is 0 Å². The maximum atomic E-state index is 14.3. The van der Waals surface area contributed by atoms with E-state index in [1.54, 1.807) is 12.4 Å². The van der Waals surface area contributed by atoms with Crippen LogP contribution in [0.4, 0.5) is 0 Å². The van der Waals surface area contributed by atoms with Gasteiger partial charge in [0, 0.05) is 0 Å². The predicted octanol–water partition coefficient (Wildman–Crippen LogP) is 1.70. The van der Waals surface area contributed by atoms with Gasteiger partial charge in [0.05, 0.1) is 0 Å². The molecule has 44 heavy (non-hydrogen) atoms. The van der Waals surface area contributed by atoms with E-state index >= 15 is 0 Å². The summed E-state index contributed by atoms with van der Waals surface area (Å²) in [5, 5.41) is 0. The van der Waals surface area contributed by atoms with Gasteiger partial charge in [0.25, 0.3) is 0 Å². The Morgan fingerprint density at radius 1 is 0.636 bits per heavy atom. The Kier molecular flexibility index (Phi) is 9.06. The third kappa shape index (κ3) is 6.06. The summed E-state index contributed by atoms with van der Waals surface area (Å²) in [5.41, 5.74) is 17.3. The van der Waals surface area contributed by atoms with Crippen LogP contribution in [0.5, 0.6) is 0 Å². The minimum atomic E-state index is -6.18. The molecule has 0 saturated carbocycles. The molecule has 0 radical (unpaired) electrons. The van der Waals surface area contributed by atoms with Crippen molar-refractivity contribution in [2.45, 2.75) is 45.7 Å². The van der Waals surface area contributed by atoms with Gasteiger partial charge in [-0.2, -0.15) is 0 Å². The van der Waals surface area contributed by atoms with Crippen molar-refractivity contribution in [2.24, 2.45) is 11.5 Å². The number of hydrogen-bond donors (Lipinski definition) is 4. The van der Waals surface area contributed by atoms with Crippen molar-refractivity contribution < 1.29 is 15.6 Å². The Morgan fingerprint density at radius 3 is 1.23 bits per heavy atom. The van der Waals surface area contributed by atoms with Gasteiger partial charge in [-0.25, -0.2) is 0 Å². The first kappa shape index (κ1) is 31.2. The quantitative estimate of drug-likeness (QED) is 0.151. The van der Waals surface area contributed by atoms with Crippen LogP contribution in [0.1, 0.15) is 28.1 Å².